The predicted molar refractivity (Wildman–Crippen MR) is 66.3 cm³/mol. The van der Waals surface area contributed by atoms with Gasteiger partial charge in [0.15, 0.2) is 4.21 Å². The lowest BCUT2D eigenvalue weighted by Crippen LogP contribution is -2.45. The molecular formula is C10H14N2O4S2. The number of sulfonamides is 1. The molecule has 18 heavy (non-hydrogen) atoms. The summed E-state index contributed by atoms with van der Waals surface area (Å²) in [5.41, 5.74) is 0.420. The maximum Gasteiger partial charge on any atom is 0.305 e. The number of aromatic nitrogens is 1. The average Bonchev–Trinajstić information content (AvgIpc) is 2.81. The van der Waals surface area contributed by atoms with E-state index in [0.717, 1.165) is 24.2 Å². The maximum atomic E-state index is 12.5. The van der Waals surface area contributed by atoms with Crippen molar-refractivity contribution >= 4 is 21.4 Å². The van der Waals surface area contributed by atoms with Gasteiger partial charge in [-0.3, -0.25) is 4.79 Å². The standard InChI is InChI=1S/C10H14N2O4S2/c1-6-9(17-10(13)11-6)18(14,15)12-4-7-2-3-8(5-12)16-7/h7-8H,2-5H2,1H3,(H,11,13). The molecule has 0 saturated carbocycles. The van der Waals surface area contributed by atoms with Crippen molar-refractivity contribution in [3.8, 4) is 0 Å². The lowest BCUT2D eigenvalue weighted by Gasteiger charge is -2.30. The molecule has 0 aromatic carbocycles. The average molecular weight is 290 g/mol. The van der Waals surface area contributed by atoms with E-state index in [-0.39, 0.29) is 21.3 Å². The Labute approximate surface area is 109 Å². The van der Waals surface area contributed by atoms with Gasteiger partial charge in [-0.1, -0.05) is 11.3 Å². The first-order chi connectivity index (χ1) is 8.46. The van der Waals surface area contributed by atoms with Crippen LogP contribution in [0.4, 0.5) is 0 Å². The van der Waals surface area contributed by atoms with E-state index in [1.807, 2.05) is 0 Å². The molecule has 1 aromatic rings. The third kappa shape index (κ3) is 1.93. The minimum absolute atomic E-state index is 0.00879. The Bertz CT molecular complexity index is 606. The molecular weight excluding hydrogens is 276 g/mol. The van der Waals surface area contributed by atoms with E-state index in [0.29, 0.717) is 18.8 Å². The fourth-order valence-corrected chi connectivity index (χ4v) is 5.47. The molecule has 3 rings (SSSR count). The highest BCUT2D eigenvalue weighted by molar-refractivity contribution is 7.91. The molecule has 8 heteroatoms. The highest BCUT2D eigenvalue weighted by atomic mass is 32.2. The van der Waals surface area contributed by atoms with Gasteiger partial charge in [0.2, 0.25) is 0 Å². The highest BCUT2D eigenvalue weighted by Gasteiger charge is 2.40. The first-order valence-electron chi connectivity index (χ1n) is 5.82. The maximum absolute atomic E-state index is 12.5. The quantitative estimate of drug-likeness (QED) is 0.849. The zero-order valence-corrected chi connectivity index (χ0v) is 11.5. The van der Waals surface area contributed by atoms with E-state index in [1.54, 1.807) is 6.92 Å². The fourth-order valence-electron chi connectivity index (χ4n) is 2.53. The summed E-state index contributed by atoms with van der Waals surface area (Å²) in [6, 6.07) is 0. The van der Waals surface area contributed by atoms with Crippen molar-refractivity contribution in [1.29, 1.82) is 0 Å². The molecule has 6 nitrogen and oxygen atoms in total. The molecule has 2 aliphatic rings. The van der Waals surface area contributed by atoms with Gasteiger partial charge >= 0.3 is 4.87 Å². The van der Waals surface area contributed by atoms with Gasteiger partial charge in [0.1, 0.15) is 0 Å². The summed E-state index contributed by atoms with van der Waals surface area (Å²) in [5.74, 6) is 0. The Morgan fingerprint density at radius 1 is 1.33 bits per heavy atom. The van der Waals surface area contributed by atoms with Gasteiger partial charge in [-0.2, -0.15) is 4.31 Å². The van der Waals surface area contributed by atoms with Crippen molar-refractivity contribution in [3.05, 3.63) is 15.4 Å². The van der Waals surface area contributed by atoms with Crippen LogP contribution >= 0.6 is 11.3 Å². The van der Waals surface area contributed by atoms with Crippen LogP contribution < -0.4 is 4.87 Å². The van der Waals surface area contributed by atoms with Gasteiger partial charge in [0, 0.05) is 18.8 Å². The number of thiazole rings is 1. The normalized spacial score (nSPS) is 28.7. The predicted octanol–water partition coefficient (Wildman–Crippen LogP) is 0.297. The summed E-state index contributed by atoms with van der Waals surface area (Å²) in [6.45, 7) is 2.40. The molecule has 2 aliphatic heterocycles. The van der Waals surface area contributed by atoms with Gasteiger partial charge in [-0.25, -0.2) is 8.42 Å². The summed E-state index contributed by atoms with van der Waals surface area (Å²) in [4.78, 5) is 13.4. The smallest absolute Gasteiger partial charge is 0.305 e. The van der Waals surface area contributed by atoms with Crippen molar-refractivity contribution in [1.82, 2.24) is 9.29 Å². The third-order valence-electron chi connectivity index (χ3n) is 3.37. The molecule has 2 bridgehead atoms. The number of fused-ring (bicyclic) bond motifs is 2. The van der Waals surface area contributed by atoms with E-state index in [4.69, 9.17) is 4.74 Å². The Morgan fingerprint density at radius 2 is 1.94 bits per heavy atom. The number of aromatic amines is 1. The first kappa shape index (κ1) is 12.3. The van der Waals surface area contributed by atoms with Crippen molar-refractivity contribution < 1.29 is 13.2 Å². The number of hydrogen-bond donors (Lipinski definition) is 1. The van der Waals surface area contributed by atoms with Crippen LogP contribution in [0.5, 0.6) is 0 Å². The van der Waals surface area contributed by atoms with Gasteiger partial charge in [0.05, 0.1) is 12.2 Å². The number of nitrogens with one attached hydrogen (secondary N) is 1. The van der Waals surface area contributed by atoms with Gasteiger partial charge in [0.25, 0.3) is 10.0 Å². The second-order valence-electron chi connectivity index (χ2n) is 4.71. The zero-order valence-electron chi connectivity index (χ0n) is 9.88. The summed E-state index contributed by atoms with van der Waals surface area (Å²) in [6.07, 6.45) is 1.85. The summed E-state index contributed by atoms with van der Waals surface area (Å²) in [5, 5.41) is 0. The number of aryl methyl sites for hydroxylation is 1. The number of morpholine rings is 1. The van der Waals surface area contributed by atoms with Crippen LogP contribution in [0.1, 0.15) is 18.5 Å². The van der Waals surface area contributed by atoms with Crippen molar-refractivity contribution in [2.24, 2.45) is 0 Å². The second-order valence-corrected chi connectivity index (χ2v) is 7.82. The minimum atomic E-state index is -3.56. The number of H-pyrrole nitrogens is 1. The molecule has 3 heterocycles. The van der Waals surface area contributed by atoms with Gasteiger partial charge in [-0.05, 0) is 19.8 Å². The van der Waals surface area contributed by atoms with Crippen LogP contribution in [-0.2, 0) is 14.8 Å². The molecule has 0 spiro atoms. The van der Waals surface area contributed by atoms with Crippen LogP contribution in [0.3, 0.4) is 0 Å². The largest absolute Gasteiger partial charge is 0.372 e. The number of rotatable bonds is 2. The number of hydrogen-bond acceptors (Lipinski definition) is 5. The number of nitrogens with zero attached hydrogens (tertiary/aromatic N) is 1. The SMILES string of the molecule is Cc1[nH]c(=O)sc1S(=O)(=O)N1CC2CCC(C1)O2. The Kier molecular flexibility index (Phi) is 2.85. The molecule has 0 aliphatic carbocycles. The molecule has 2 atom stereocenters. The van der Waals surface area contributed by atoms with Crippen LogP contribution in [0, 0.1) is 6.92 Å². The van der Waals surface area contributed by atoms with Crippen molar-refractivity contribution in [2.45, 2.75) is 36.2 Å². The number of ether oxygens (including phenoxy) is 1. The van der Waals surface area contributed by atoms with Crippen LogP contribution in [0.15, 0.2) is 9.00 Å². The third-order valence-corrected chi connectivity index (χ3v) is 6.78. The molecule has 2 fully saturated rings. The monoisotopic (exact) mass is 290 g/mol. The van der Waals surface area contributed by atoms with Gasteiger partial charge in [-0.15, -0.1) is 0 Å². The molecule has 100 valence electrons. The molecule has 2 unspecified atom stereocenters. The van der Waals surface area contributed by atoms with Crippen LogP contribution in [0.2, 0.25) is 0 Å². The lowest BCUT2D eigenvalue weighted by atomic mass is 10.2. The molecule has 2 saturated heterocycles. The Morgan fingerprint density at radius 3 is 2.44 bits per heavy atom. The van der Waals surface area contributed by atoms with Gasteiger partial charge < -0.3 is 9.72 Å². The zero-order chi connectivity index (χ0) is 12.9. The minimum Gasteiger partial charge on any atom is -0.372 e. The molecule has 0 amide bonds. The Balaban J connectivity index is 1.95. The first-order valence-corrected chi connectivity index (χ1v) is 8.08. The van der Waals surface area contributed by atoms with E-state index < -0.39 is 10.0 Å². The highest BCUT2D eigenvalue weighted by Crippen LogP contribution is 2.31. The summed E-state index contributed by atoms with van der Waals surface area (Å²) < 4.78 is 32.1. The van der Waals surface area contributed by atoms with Crippen molar-refractivity contribution in [3.63, 3.8) is 0 Å². The van der Waals surface area contributed by atoms with Crippen LogP contribution in [-0.4, -0.2) is 43.0 Å². The van der Waals surface area contributed by atoms with E-state index in [1.165, 1.54) is 4.31 Å². The second kappa shape index (κ2) is 4.16. The molecule has 0 radical (unpaired) electrons. The van der Waals surface area contributed by atoms with E-state index >= 15 is 0 Å². The van der Waals surface area contributed by atoms with Crippen molar-refractivity contribution in [2.75, 3.05) is 13.1 Å². The topological polar surface area (TPSA) is 79.5 Å². The van der Waals surface area contributed by atoms with E-state index in [2.05, 4.69) is 4.98 Å². The summed E-state index contributed by atoms with van der Waals surface area (Å²) >= 11 is 0.756. The fraction of sp³-hybridized carbons (Fsp3) is 0.700. The van der Waals surface area contributed by atoms with E-state index in [9.17, 15) is 13.2 Å². The summed E-state index contributed by atoms with van der Waals surface area (Å²) in [7, 11) is -3.56. The lowest BCUT2D eigenvalue weighted by molar-refractivity contribution is -0.0114. The van der Waals surface area contributed by atoms with Crippen LogP contribution in [0.25, 0.3) is 0 Å². The molecule has 1 aromatic heterocycles. The molecule has 1 N–H and O–H groups in total. The Hall–Kier alpha value is -0.700.